The van der Waals surface area contributed by atoms with E-state index < -0.39 is 0 Å². The molecule has 0 radical (unpaired) electrons. The number of allylic oxidation sites excluding steroid dienone is 4. The molecule has 48 heavy (non-hydrogen) atoms. The molecule has 0 saturated heterocycles. The Morgan fingerprint density at radius 1 is 0.750 bits per heavy atom. The van der Waals surface area contributed by atoms with Crippen LogP contribution in [0.1, 0.15) is 99.9 Å². The monoisotopic (exact) mass is 748 g/mol. The summed E-state index contributed by atoms with van der Waals surface area (Å²) in [5.74, 6) is 0.556. The Morgan fingerprint density at radius 2 is 1.25 bits per heavy atom. The SMILES string of the molecule is C=Cc1c[c-]c2c(c1)-c1cc(C=C)ccc1C2.CC(C)(C)c1ccc([C](=[Zr+2])c2ccc(C(C)(C)C)cc2)cc1.CC1=CC(C)[C-]=C1.[Cl-].[Cl-]. The first-order valence-corrected chi connectivity index (χ1v) is 17.4. The van der Waals surface area contributed by atoms with Crippen molar-refractivity contribution >= 4 is 15.4 Å². The molecule has 0 fully saturated rings. The van der Waals surface area contributed by atoms with Crippen LogP contribution in [0.25, 0.3) is 23.3 Å². The van der Waals surface area contributed by atoms with E-state index >= 15 is 0 Å². The molecule has 4 aromatic rings. The van der Waals surface area contributed by atoms with Crippen LogP contribution in [0.15, 0.2) is 110 Å². The maximum atomic E-state index is 3.82. The van der Waals surface area contributed by atoms with Crippen LogP contribution in [0.3, 0.4) is 0 Å². The molecule has 0 bridgehead atoms. The second kappa shape index (κ2) is 17.7. The number of hydrogen-bond acceptors (Lipinski definition) is 0. The van der Waals surface area contributed by atoms with Gasteiger partial charge in [-0.15, -0.1) is 30.7 Å². The average molecular weight is 751 g/mol. The fourth-order valence-electron chi connectivity index (χ4n) is 5.56. The van der Waals surface area contributed by atoms with Gasteiger partial charge in [0.15, 0.2) is 0 Å². The third kappa shape index (κ3) is 10.8. The van der Waals surface area contributed by atoms with Crippen LogP contribution in [-0.4, -0.2) is 3.21 Å². The van der Waals surface area contributed by atoms with Gasteiger partial charge in [-0.2, -0.15) is 29.8 Å². The van der Waals surface area contributed by atoms with E-state index in [1.807, 2.05) is 24.3 Å². The second-order valence-corrected chi connectivity index (χ2v) is 15.6. The van der Waals surface area contributed by atoms with E-state index in [1.54, 1.807) is 0 Å². The third-order valence-electron chi connectivity index (χ3n) is 8.48. The van der Waals surface area contributed by atoms with Crippen LogP contribution in [0, 0.1) is 18.1 Å². The molecular weight excluding hydrogens is 703 g/mol. The Hall–Kier alpha value is -2.83. The van der Waals surface area contributed by atoms with Gasteiger partial charge in [-0.05, 0) is 12.0 Å². The molecule has 0 heterocycles. The fourth-order valence-corrected chi connectivity index (χ4v) is 6.38. The van der Waals surface area contributed by atoms with Crippen molar-refractivity contribution in [3.05, 3.63) is 166 Å². The normalized spacial score (nSPS) is 14.0. The summed E-state index contributed by atoms with van der Waals surface area (Å²) in [5.41, 5.74) is 14.8. The first kappa shape index (κ1) is 41.3. The number of benzene rings is 4. The molecule has 2 aliphatic carbocycles. The Kier molecular flexibility index (Phi) is 15.3. The summed E-state index contributed by atoms with van der Waals surface area (Å²) in [6, 6.07) is 32.2. The van der Waals surface area contributed by atoms with Gasteiger partial charge < -0.3 is 24.8 Å². The van der Waals surface area contributed by atoms with Crippen molar-refractivity contribution in [3.8, 4) is 11.1 Å². The molecule has 3 heteroatoms. The summed E-state index contributed by atoms with van der Waals surface area (Å²) >= 11 is 1.46. The molecule has 0 amide bonds. The number of halogens is 2. The van der Waals surface area contributed by atoms with Gasteiger partial charge in [0, 0.05) is 0 Å². The summed E-state index contributed by atoms with van der Waals surface area (Å²) in [4.78, 5) is 0. The fraction of sp³-hybridized carbons (Fsp3) is 0.267. The molecule has 0 spiro atoms. The van der Waals surface area contributed by atoms with Gasteiger partial charge >= 0.3 is 151 Å². The molecule has 2 aliphatic rings. The van der Waals surface area contributed by atoms with Crippen molar-refractivity contribution in [1.29, 1.82) is 0 Å². The summed E-state index contributed by atoms with van der Waals surface area (Å²) in [5, 5.41) is 0. The smallest absolute Gasteiger partial charge is 0.0733 e. The summed E-state index contributed by atoms with van der Waals surface area (Å²) in [6.07, 6.45) is 12.1. The molecule has 248 valence electrons. The van der Waals surface area contributed by atoms with Crippen molar-refractivity contribution < 1.29 is 49.0 Å². The summed E-state index contributed by atoms with van der Waals surface area (Å²) in [7, 11) is 0. The maximum Gasteiger partial charge on any atom is -0.0733 e. The predicted octanol–water partition coefficient (Wildman–Crippen LogP) is 5.69. The van der Waals surface area contributed by atoms with E-state index in [0.29, 0.717) is 5.92 Å². The quantitative estimate of drug-likeness (QED) is 0.207. The van der Waals surface area contributed by atoms with E-state index in [9.17, 15) is 0 Å². The van der Waals surface area contributed by atoms with Gasteiger partial charge in [0.25, 0.3) is 0 Å². The molecule has 0 aliphatic heterocycles. The van der Waals surface area contributed by atoms with E-state index in [-0.39, 0.29) is 35.6 Å². The van der Waals surface area contributed by atoms with Crippen LogP contribution in [0.5, 0.6) is 0 Å². The first-order valence-electron chi connectivity index (χ1n) is 16.2. The predicted molar refractivity (Wildman–Crippen MR) is 198 cm³/mol. The topological polar surface area (TPSA) is 0 Å². The molecule has 0 N–H and O–H groups in total. The van der Waals surface area contributed by atoms with Gasteiger partial charge in [-0.1, -0.05) is 54.8 Å². The van der Waals surface area contributed by atoms with Crippen LogP contribution in [-0.2, 0) is 41.5 Å². The van der Waals surface area contributed by atoms with E-state index in [1.165, 1.54) is 83.1 Å². The van der Waals surface area contributed by atoms with Crippen molar-refractivity contribution in [2.24, 2.45) is 5.92 Å². The summed E-state index contributed by atoms with van der Waals surface area (Å²) < 4.78 is 1.42. The third-order valence-corrected chi connectivity index (χ3v) is 9.90. The first-order chi connectivity index (χ1) is 21.7. The molecule has 0 nitrogen and oxygen atoms in total. The van der Waals surface area contributed by atoms with Gasteiger partial charge in [0.05, 0.1) is 0 Å². The molecule has 6 rings (SSSR count). The van der Waals surface area contributed by atoms with Crippen molar-refractivity contribution in [1.82, 2.24) is 0 Å². The van der Waals surface area contributed by atoms with Gasteiger partial charge in [0.1, 0.15) is 0 Å². The van der Waals surface area contributed by atoms with Crippen LogP contribution in [0.4, 0.5) is 0 Å². The molecule has 0 saturated carbocycles. The summed E-state index contributed by atoms with van der Waals surface area (Å²) in [6.45, 7) is 25.4. The van der Waals surface area contributed by atoms with Crippen LogP contribution >= 0.6 is 0 Å². The zero-order chi connectivity index (χ0) is 33.6. The minimum absolute atomic E-state index is 0. The Balaban J connectivity index is 0.000000272. The molecule has 0 aromatic heterocycles. The van der Waals surface area contributed by atoms with Gasteiger partial charge in [-0.3, -0.25) is 6.08 Å². The number of fused-ring (bicyclic) bond motifs is 3. The minimum Gasteiger partial charge on any atom is -1.00 e. The van der Waals surface area contributed by atoms with E-state index in [0.717, 1.165) is 12.0 Å². The Labute approximate surface area is 318 Å². The van der Waals surface area contributed by atoms with Gasteiger partial charge in [0.2, 0.25) is 0 Å². The van der Waals surface area contributed by atoms with Crippen LogP contribution in [0.2, 0.25) is 0 Å². The standard InChI is InChI=1S/C21H26.C17H13.C7H9.2ClH.Zr/c1-20(2,3)18-11-7-16(8-12-18)15-17-9-13-19(14-10-17)21(4,5)6;1-3-12-5-7-14-11-15-8-6-13(4-2)10-17(15)16(14)9-12;1-6-3-4-7(2)5-6;;;/h7-14H,1-6H3;3-7,9-10H,1-2,11H2;3,5,7H,1-2H3;2*1H;/q;2*-1;;;+2/p-2. The Morgan fingerprint density at radius 3 is 1.65 bits per heavy atom. The second-order valence-electron chi connectivity index (χ2n) is 14.4. The zero-order valence-electron chi connectivity index (χ0n) is 29.8. The van der Waals surface area contributed by atoms with Crippen molar-refractivity contribution in [2.45, 2.75) is 72.6 Å². The van der Waals surface area contributed by atoms with Crippen LogP contribution < -0.4 is 24.8 Å². The molecule has 1 unspecified atom stereocenters. The number of hydrogen-bond donors (Lipinski definition) is 0. The van der Waals surface area contributed by atoms with E-state index in [2.05, 4.69) is 160 Å². The number of rotatable bonds is 4. The minimum atomic E-state index is 0. The molecule has 1 atom stereocenters. The van der Waals surface area contributed by atoms with Crippen molar-refractivity contribution in [3.63, 3.8) is 0 Å². The molecular formula is C45H48Cl2Zr-2. The largest absolute Gasteiger partial charge is 1.00 e. The van der Waals surface area contributed by atoms with Gasteiger partial charge in [-0.25, -0.2) is 11.6 Å². The molecule has 4 aromatic carbocycles. The zero-order valence-corrected chi connectivity index (χ0v) is 33.7. The Bertz CT molecular complexity index is 1660. The van der Waals surface area contributed by atoms with E-state index in [4.69, 9.17) is 0 Å². The maximum absolute atomic E-state index is 3.82. The average Bonchev–Trinajstić information content (AvgIpc) is 3.60. The van der Waals surface area contributed by atoms with Crippen molar-refractivity contribution in [2.75, 3.05) is 0 Å².